The molecular formula is C19H25NOS. The maximum absolute atomic E-state index is 10.1. The fraction of sp³-hybridized carbons (Fsp3) is 0.474. The SMILES string of the molecule is CCCN(CCc1cccs1)c1ccc2c(c1)CCC[C@H]2O. The summed E-state index contributed by atoms with van der Waals surface area (Å²) in [6.45, 7) is 4.39. The summed E-state index contributed by atoms with van der Waals surface area (Å²) < 4.78 is 0. The van der Waals surface area contributed by atoms with Gasteiger partial charge in [-0.05, 0) is 66.8 Å². The minimum atomic E-state index is -0.261. The smallest absolute Gasteiger partial charge is 0.0792 e. The van der Waals surface area contributed by atoms with Crippen LogP contribution in [0.15, 0.2) is 35.7 Å². The van der Waals surface area contributed by atoms with E-state index in [1.165, 1.54) is 16.1 Å². The number of nitrogens with zero attached hydrogens (tertiary/aromatic N) is 1. The summed E-state index contributed by atoms with van der Waals surface area (Å²) in [6, 6.07) is 11.0. The molecule has 0 saturated carbocycles. The lowest BCUT2D eigenvalue weighted by atomic mass is 9.89. The molecule has 0 saturated heterocycles. The maximum atomic E-state index is 10.1. The monoisotopic (exact) mass is 315 g/mol. The van der Waals surface area contributed by atoms with Crippen molar-refractivity contribution in [1.29, 1.82) is 0 Å². The zero-order valence-electron chi connectivity index (χ0n) is 13.3. The van der Waals surface area contributed by atoms with E-state index in [4.69, 9.17) is 0 Å². The fourth-order valence-electron chi connectivity index (χ4n) is 3.31. The van der Waals surface area contributed by atoms with Crippen LogP contribution >= 0.6 is 11.3 Å². The van der Waals surface area contributed by atoms with E-state index in [2.05, 4.69) is 47.5 Å². The van der Waals surface area contributed by atoms with Crippen molar-refractivity contribution in [2.75, 3.05) is 18.0 Å². The third kappa shape index (κ3) is 3.53. The molecule has 0 unspecified atom stereocenters. The van der Waals surface area contributed by atoms with Gasteiger partial charge in [0.15, 0.2) is 0 Å². The van der Waals surface area contributed by atoms with Crippen molar-refractivity contribution in [3.8, 4) is 0 Å². The van der Waals surface area contributed by atoms with Crippen LogP contribution in [-0.4, -0.2) is 18.2 Å². The van der Waals surface area contributed by atoms with Crippen molar-refractivity contribution < 1.29 is 5.11 Å². The second-order valence-corrected chi connectivity index (χ2v) is 7.14. The minimum absolute atomic E-state index is 0.261. The van der Waals surface area contributed by atoms with Crippen LogP contribution in [0.2, 0.25) is 0 Å². The van der Waals surface area contributed by atoms with Gasteiger partial charge in [0.1, 0.15) is 0 Å². The Morgan fingerprint density at radius 2 is 2.18 bits per heavy atom. The number of benzene rings is 1. The number of aliphatic hydroxyl groups excluding tert-OH is 1. The molecule has 0 radical (unpaired) electrons. The number of aliphatic hydroxyl groups is 1. The van der Waals surface area contributed by atoms with Crippen LogP contribution in [0.3, 0.4) is 0 Å². The van der Waals surface area contributed by atoms with Gasteiger partial charge in [0.05, 0.1) is 6.10 Å². The standard InChI is InChI=1S/C19H25NOS/c1-2-11-20(12-10-17-6-4-13-22-17)16-8-9-18-15(14-16)5-3-7-19(18)21/h4,6,8-9,13-14,19,21H,2-3,5,7,10-12H2,1H3/t19-/m1/s1. The van der Waals surface area contributed by atoms with Gasteiger partial charge in [-0.25, -0.2) is 0 Å². The average Bonchev–Trinajstić information content (AvgIpc) is 3.05. The molecular weight excluding hydrogens is 290 g/mol. The first-order valence-corrected chi connectivity index (χ1v) is 9.24. The fourth-order valence-corrected chi connectivity index (χ4v) is 4.01. The molecule has 1 N–H and O–H groups in total. The van der Waals surface area contributed by atoms with Crippen LogP contribution in [0.25, 0.3) is 0 Å². The van der Waals surface area contributed by atoms with E-state index in [9.17, 15) is 5.11 Å². The van der Waals surface area contributed by atoms with E-state index in [0.717, 1.165) is 50.8 Å². The summed E-state index contributed by atoms with van der Waals surface area (Å²) in [7, 11) is 0. The summed E-state index contributed by atoms with van der Waals surface area (Å²) >= 11 is 1.84. The number of thiophene rings is 1. The highest BCUT2D eigenvalue weighted by Gasteiger charge is 2.19. The van der Waals surface area contributed by atoms with E-state index in [-0.39, 0.29) is 6.10 Å². The Bertz CT molecular complexity index is 593. The molecule has 2 nitrogen and oxygen atoms in total. The largest absolute Gasteiger partial charge is 0.388 e. The Hall–Kier alpha value is -1.32. The molecule has 3 heteroatoms. The molecule has 1 aliphatic rings. The van der Waals surface area contributed by atoms with Gasteiger partial charge >= 0.3 is 0 Å². The molecule has 0 spiro atoms. The number of anilines is 1. The van der Waals surface area contributed by atoms with Crippen molar-refractivity contribution in [1.82, 2.24) is 0 Å². The molecule has 22 heavy (non-hydrogen) atoms. The first-order valence-electron chi connectivity index (χ1n) is 8.36. The predicted octanol–water partition coefficient (Wildman–Crippen LogP) is 4.58. The van der Waals surface area contributed by atoms with Gasteiger partial charge < -0.3 is 10.0 Å². The molecule has 0 fully saturated rings. The lowest BCUT2D eigenvalue weighted by molar-refractivity contribution is 0.156. The van der Waals surface area contributed by atoms with E-state index in [1.54, 1.807) is 0 Å². The second kappa shape index (κ2) is 7.30. The third-order valence-corrected chi connectivity index (χ3v) is 5.41. The number of rotatable bonds is 6. The van der Waals surface area contributed by atoms with E-state index in [0.29, 0.717) is 0 Å². The predicted molar refractivity (Wildman–Crippen MR) is 94.9 cm³/mol. The molecule has 1 aromatic heterocycles. The van der Waals surface area contributed by atoms with Crippen LogP contribution in [0, 0.1) is 0 Å². The zero-order valence-corrected chi connectivity index (χ0v) is 14.1. The van der Waals surface area contributed by atoms with Crippen LogP contribution < -0.4 is 4.90 Å². The molecule has 1 heterocycles. The molecule has 0 bridgehead atoms. The Balaban J connectivity index is 1.76. The Morgan fingerprint density at radius 1 is 1.27 bits per heavy atom. The number of hydrogen-bond acceptors (Lipinski definition) is 3. The number of hydrogen-bond donors (Lipinski definition) is 1. The van der Waals surface area contributed by atoms with Gasteiger partial charge in [0, 0.05) is 23.7 Å². The van der Waals surface area contributed by atoms with E-state index < -0.39 is 0 Å². The highest BCUT2D eigenvalue weighted by Crippen LogP contribution is 2.32. The van der Waals surface area contributed by atoms with E-state index >= 15 is 0 Å². The summed E-state index contributed by atoms with van der Waals surface area (Å²) in [5.74, 6) is 0. The van der Waals surface area contributed by atoms with Gasteiger partial charge in [-0.2, -0.15) is 0 Å². The van der Waals surface area contributed by atoms with Crippen LogP contribution in [0.1, 0.15) is 48.3 Å². The summed E-state index contributed by atoms with van der Waals surface area (Å²) in [5, 5.41) is 12.3. The average molecular weight is 315 g/mol. The van der Waals surface area contributed by atoms with E-state index in [1.807, 2.05) is 11.3 Å². The molecule has 1 aromatic carbocycles. The molecule has 2 aromatic rings. The highest BCUT2D eigenvalue weighted by atomic mass is 32.1. The molecule has 0 amide bonds. The Morgan fingerprint density at radius 3 is 2.95 bits per heavy atom. The van der Waals surface area contributed by atoms with Crippen molar-refractivity contribution in [2.45, 2.75) is 45.1 Å². The summed E-state index contributed by atoms with van der Waals surface area (Å²) in [4.78, 5) is 3.94. The summed E-state index contributed by atoms with van der Waals surface area (Å²) in [5.41, 5.74) is 3.80. The molecule has 1 atom stereocenters. The molecule has 1 aliphatic carbocycles. The molecule has 0 aliphatic heterocycles. The summed E-state index contributed by atoms with van der Waals surface area (Å²) in [6.07, 6.45) is 5.11. The van der Waals surface area contributed by atoms with Crippen molar-refractivity contribution in [2.24, 2.45) is 0 Å². The molecule has 118 valence electrons. The highest BCUT2D eigenvalue weighted by molar-refractivity contribution is 7.09. The lowest BCUT2D eigenvalue weighted by Crippen LogP contribution is -2.27. The number of fused-ring (bicyclic) bond motifs is 1. The first-order chi connectivity index (χ1) is 10.8. The van der Waals surface area contributed by atoms with Gasteiger partial charge in [-0.1, -0.05) is 19.1 Å². The second-order valence-electron chi connectivity index (χ2n) is 6.11. The zero-order chi connectivity index (χ0) is 15.4. The normalized spacial score (nSPS) is 17.3. The van der Waals surface area contributed by atoms with Gasteiger partial charge in [-0.15, -0.1) is 11.3 Å². The Kier molecular flexibility index (Phi) is 5.16. The van der Waals surface area contributed by atoms with Crippen LogP contribution in [0.5, 0.6) is 0 Å². The van der Waals surface area contributed by atoms with Crippen molar-refractivity contribution in [3.05, 3.63) is 51.7 Å². The van der Waals surface area contributed by atoms with Crippen LogP contribution in [0.4, 0.5) is 5.69 Å². The Labute approximate surface area is 137 Å². The quantitative estimate of drug-likeness (QED) is 0.843. The molecule has 3 rings (SSSR count). The first kappa shape index (κ1) is 15.6. The lowest BCUT2D eigenvalue weighted by Gasteiger charge is -2.28. The minimum Gasteiger partial charge on any atom is -0.388 e. The maximum Gasteiger partial charge on any atom is 0.0792 e. The van der Waals surface area contributed by atoms with Crippen molar-refractivity contribution >= 4 is 17.0 Å². The number of aryl methyl sites for hydroxylation is 1. The third-order valence-electron chi connectivity index (χ3n) is 4.48. The van der Waals surface area contributed by atoms with Crippen LogP contribution in [-0.2, 0) is 12.8 Å². The van der Waals surface area contributed by atoms with Gasteiger partial charge in [0.25, 0.3) is 0 Å². The van der Waals surface area contributed by atoms with Gasteiger partial charge in [-0.3, -0.25) is 0 Å². The topological polar surface area (TPSA) is 23.5 Å². The van der Waals surface area contributed by atoms with Crippen molar-refractivity contribution in [3.63, 3.8) is 0 Å². The van der Waals surface area contributed by atoms with Gasteiger partial charge in [0.2, 0.25) is 0 Å².